The predicted molar refractivity (Wildman–Crippen MR) is 117 cm³/mol. The highest BCUT2D eigenvalue weighted by atomic mass is 35.5. The van der Waals surface area contributed by atoms with Crippen LogP contribution in [0.2, 0.25) is 5.02 Å². The van der Waals surface area contributed by atoms with E-state index in [1.807, 2.05) is 5.38 Å². The lowest BCUT2D eigenvalue weighted by molar-refractivity contribution is -0.136. The van der Waals surface area contributed by atoms with Crippen molar-refractivity contribution >= 4 is 40.4 Å². The van der Waals surface area contributed by atoms with E-state index < -0.39 is 11.8 Å². The van der Waals surface area contributed by atoms with E-state index in [0.717, 1.165) is 25.9 Å². The molecule has 1 fully saturated rings. The first-order valence-corrected chi connectivity index (χ1v) is 11.1. The highest BCUT2D eigenvalue weighted by Gasteiger charge is 2.24. The average Bonchev–Trinajstić information content (AvgIpc) is 3.11. The Labute approximate surface area is 180 Å². The fourth-order valence-corrected chi connectivity index (χ4v) is 4.43. The third kappa shape index (κ3) is 5.95. The highest BCUT2D eigenvalue weighted by Crippen LogP contribution is 2.28. The molecular weight excluding hydrogens is 410 g/mol. The number of nitrogens with one attached hydrogen (secondary N) is 2. The number of benzene rings is 1. The molecule has 0 saturated carbocycles. The monoisotopic (exact) mass is 435 g/mol. The Morgan fingerprint density at radius 2 is 1.93 bits per heavy atom. The second kappa shape index (κ2) is 10.6. The zero-order valence-electron chi connectivity index (χ0n) is 16.4. The van der Waals surface area contributed by atoms with Crippen LogP contribution < -0.4 is 15.4 Å². The van der Waals surface area contributed by atoms with E-state index in [1.54, 1.807) is 29.5 Å². The molecule has 156 valence electrons. The summed E-state index contributed by atoms with van der Waals surface area (Å²) in [5, 5.41) is 9.97. The second-order valence-corrected chi connectivity index (χ2v) is 8.25. The van der Waals surface area contributed by atoms with Crippen LogP contribution in [-0.4, -0.2) is 43.5 Å². The van der Waals surface area contributed by atoms with Crippen LogP contribution in [0.25, 0.3) is 0 Å². The van der Waals surface area contributed by atoms with Crippen LogP contribution in [0.15, 0.2) is 35.0 Å². The van der Waals surface area contributed by atoms with Gasteiger partial charge in [-0.3, -0.25) is 14.5 Å². The number of amides is 2. The van der Waals surface area contributed by atoms with Gasteiger partial charge in [0.05, 0.1) is 18.8 Å². The normalized spacial score (nSPS) is 15.9. The number of thiophene rings is 1. The van der Waals surface area contributed by atoms with Gasteiger partial charge in [0.1, 0.15) is 5.75 Å². The summed E-state index contributed by atoms with van der Waals surface area (Å²) in [7, 11) is 1.49. The average molecular weight is 436 g/mol. The molecule has 1 saturated heterocycles. The van der Waals surface area contributed by atoms with Crippen molar-refractivity contribution in [3.63, 3.8) is 0 Å². The Morgan fingerprint density at radius 1 is 1.17 bits per heavy atom. The molecule has 0 spiro atoms. The molecule has 1 unspecified atom stereocenters. The summed E-state index contributed by atoms with van der Waals surface area (Å²) in [6.45, 7) is 2.39. The summed E-state index contributed by atoms with van der Waals surface area (Å²) in [4.78, 5) is 27.2. The summed E-state index contributed by atoms with van der Waals surface area (Å²) >= 11 is 7.62. The minimum Gasteiger partial charge on any atom is -0.495 e. The first-order chi connectivity index (χ1) is 14.1. The number of halogens is 1. The van der Waals surface area contributed by atoms with Crippen molar-refractivity contribution in [1.82, 2.24) is 10.2 Å². The molecule has 1 aliphatic rings. The van der Waals surface area contributed by atoms with E-state index in [0.29, 0.717) is 23.0 Å². The highest BCUT2D eigenvalue weighted by molar-refractivity contribution is 7.08. The second-order valence-electron chi connectivity index (χ2n) is 7.03. The number of carbonyl (C=O) groups excluding carboxylic acids is 2. The van der Waals surface area contributed by atoms with Crippen LogP contribution in [-0.2, 0) is 9.59 Å². The molecule has 0 radical (unpaired) electrons. The molecule has 8 heteroatoms. The van der Waals surface area contributed by atoms with Crippen molar-refractivity contribution in [3.8, 4) is 5.75 Å². The number of methoxy groups -OCH3 is 1. The van der Waals surface area contributed by atoms with Gasteiger partial charge in [-0.15, -0.1) is 0 Å². The summed E-state index contributed by atoms with van der Waals surface area (Å²) in [6.07, 6.45) is 4.79. The van der Waals surface area contributed by atoms with Gasteiger partial charge >= 0.3 is 11.8 Å². The van der Waals surface area contributed by atoms with Gasteiger partial charge in [-0.25, -0.2) is 0 Å². The first kappa shape index (κ1) is 21.6. The van der Waals surface area contributed by atoms with Crippen LogP contribution in [0.4, 0.5) is 5.69 Å². The number of hydrogen-bond acceptors (Lipinski definition) is 5. The molecular formula is C21H26ClN3O3S. The Morgan fingerprint density at radius 3 is 2.59 bits per heavy atom. The van der Waals surface area contributed by atoms with Gasteiger partial charge in [-0.2, -0.15) is 11.3 Å². The van der Waals surface area contributed by atoms with Crippen molar-refractivity contribution < 1.29 is 14.3 Å². The van der Waals surface area contributed by atoms with Gasteiger partial charge in [-0.05, 0) is 66.5 Å². The Hall–Kier alpha value is -2.09. The number of carbonyl (C=O) groups is 2. The number of rotatable bonds is 6. The van der Waals surface area contributed by atoms with Gasteiger partial charge in [-0.1, -0.05) is 24.4 Å². The maximum Gasteiger partial charge on any atom is 0.313 e. The maximum absolute atomic E-state index is 12.4. The van der Waals surface area contributed by atoms with Crippen LogP contribution in [0.1, 0.15) is 37.3 Å². The lowest BCUT2D eigenvalue weighted by atomic mass is 10.1. The van der Waals surface area contributed by atoms with E-state index in [2.05, 4.69) is 27.0 Å². The lowest BCUT2D eigenvalue weighted by Crippen LogP contribution is -2.42. The zero-order chi connectivity index (χ0) is 20.6. The quantitative estimate of drug-likeness (QED) is 0.670. The summed E-state index contributed by atoms with van der Waals surface area (Å²) < 4.78 is 5.21. The van der Waals surface area contributed by atoms with Crippen LogP contribution in [0.5, 0.6) is 5.75 Å². The van der Waals surface area contributed by atoms with Gasteiger partial charge in [0, 0.05) is 11.6 Å². The zero-order valence-corrected chi connectivity index (χ0v) is 18.0. The number of likely N-dealkylation sites (tertiary alicyclic amines) is 1. The number of anilines is 1. The molecule has 2 heterocycles. The summed E-state index contributed by atoms with van der Waals surface area (Å²) in [5.41, 5.74) is 1.54. The topological polar surface area (TPSA) is 70.7 Å². The van der Waals surface area contributed by atoms with Gasteiger partial charge in [0.15, 0.2) is 0 Å². The van der Waals surface area contributed by atoms with E-state index >= 15 is 0 Å². The molecule has 1 atom stereocenters. The molecule has 6 nitrogen and oxygen atoms in total. The van der Waals surface area contributed by atoms with Crippen LogP contribution >= 0.6 is 22.9 Å². The molecule has 1 aromatic carbocycles. The van der Waals surface area contributed by atoms with Crippen LogP contribution in [0, 0.1) is 0 Å². The standard InChI is InChI=1S/C21H26ClN3O3S/c1-28-19-7-6-16(22)12-17(19)24-21(27)20(26)23-13-18(15-8-11-29-14-15)25-9-4-2-3-5-10-25/h6-8,11-12,14,18H,2-5,9-10,13H2,1H3,(H,23,26)(H,24,27). The van der Waals surface area contributed by atoms with Crippen molar-refractivity contribution in [2.45, 2.75) is 31.7 Å². The maximum atomic E-state index is 12.4. The van der Waals surface area contributed by atoms with E-state index in [9.17, 15) is 9.59 Å². The molecule has 2 aromatic rings. The Bertz CT molecular complexity index is 821. The van der Waals surface area contributed by atoms with Crippen LogP contribution in [0.3, 0.4) is 0 Å². The number of hydrogen-bond donors (Lipinski definition) is 2. The van der Waals surface area contributed by atoms with E-state index in [-0.39, 0.29) is 6.04 Å². The minimum atomic E-state index is -0.745. The molecule has 0 aliphatic carbocycles. The van der Waals surface area contributed by atoms with Crippen molar-refractivity contribution in [2.75, 3.05) is 32.1 Å². The van der Waals surface area contributed by atoms with Crippen molar-refractivity contribution in [1.29, 1.82) is 0 Å². The van der Waals surface area contributed by atoms with Gasteiger partial charge in [0.25, 0.3) is 0 Å². The predicted octanol–water partition coefficient (Wildman–Crippen LogP) is 4.08. The molecule has 1 aliphatic heterocycles. The molecule has 3 rings (SSSR count). The molecule has 0 bridgehead atoms. The molecule has 29 heavy (non-hydrogen) atoms. The Kier molecular flexibility index (Phi) is 7.91. The summed E-state index contributed by atoms with van der Waals surface area (Å²) in [5.74, 6) is -0.983. The number of nitrogens with zero attached hydrogens (tertiary/aromatic N) is 1. The minimum absolute atomic E-state index is 0.0665. The van der Waals surface area contributed by atoms with Crippen molar-refractivity contribution in [2.24, 2.45) is 0 Å². The summed E-state index contributed by atoms with van der Waals surface area (Å²) in [6, 6.07) is 7.00. The Balaban J connectivity index is 1.63. The molecule has 2 N–H and O–H groups in total. The fraction of sp³-hybridized carbons (Fsp3) is 0.429. The third-order valence-electron chi connectivity index (χ3n) is 5.08. The van der Waals surface area contributed by atoms with E-state index in [4.69, 9.17) is 16.3 Å². The lowest BCUT2D eigenvalue weighted by Gasteiger charge is -2.30. The fourth-order valence-electron chi connectivity index (χ4n) is 3.56. The molecule has 1 aromatic heterocycles. The van der Waals surface area contributed by atoms with Gasteiger partial charge < -0.3 is 15.4 Å². The smallest absolute Gasteiger partial charge is 0.313 e. The van der Waals surface area contributed by atoms with Gasteiger partial charge in [0.2, 0.25) is 0 Å². The van der Waals surface area contributed by atoms with Crippen molar-refractivity contribution in [3.05, 3.63) is 45.6 Å². The number of ether oxygens (including phenoxy) is 1. The van der Waals surface area contributed by atoms with E-state index in [1.165, 1.54) is 25.5 Å². The largest absolute Gasteiger partial charge is 0.495 e. The SMILES string of the molecule is COc1ccc(Cl)cc1NC(=O)C(=O)NCC(c1ccsc1)N1CCCCCC1. The third-order valence-corrected chi connectivity index (χ3v) is 6.02. The molecule has 2 amide bonds. The first-order valence-electron chi connectivity index (χ1n) is 9.77.